The van der Waals surface area contributed by atoms with Crippen molar-refractivity contribution in [3.8, 4) is 11.5 Å². The Kier molecular flexibility index (Phi) is 8.67. The zero-order chi connectivity index (χ0) is 22.4. The van der Waals surface area contributed by atoms with Gasteiger partial charge in [0.15, 0.2) is 0 Å². The van der Waals surface area contributed by atoms with E-state index in [-0.39, 0.29) is 27.7 Å². The number of nitrogens with zero attached hydrogens (tertiary/aromatic N) is 2. The predicted molar refractivity (Wildman–Crippen MR) is 120 cm³/mol. The third-order valence-electron chi connectivity index (χ3n) is 4.47. The van der Waals surface area contributed by atoms with Crippen LogP contribution in [0.25, 0.3) is 0 Å². The first-order valence-corrected chi connectivity index (χ1v) is 13.1. The molecule has 0 radical (unpaired) electrons. The van der Waals surface area contributed by atoms with Gasteiger partial charge in [-0.15, -0.1) is 0 Å². The number of likely N-dealkylation sites (N-methyl/N-ethyl adjacent to an activating group) is 1. The van der Waals surface area contributed by atoms with Crippen molar-refractivity contribution in [2.24, 2.45) is 0 Å². The number of alkyl halides is 1. The Morgan fingerprint density at radius 1 is 1.23 bits per heavy atom. The maximum absolute atomic E-state index is 12.6. The number of hydrogen-bond acceptors (Lipinski definition) is 7. The molecule has 1 aromatic rings. The van der Waals surface area contributed by atoms with Gasteiger partial charge in [0.2, 0.25) is 0 Å². The maximum atomic E-state index is 12.6. The van der Waals surface area contributed by atoms with Gasteiger partial charge in [0.1, 0.15) is 0 Å². The van der Waals surface area contributed by atoms with Crippen LogP contribution in [0, 0.1) is 0 Å². The molecule has 1 saturated heterocycles. The number of aliphatic hydroxyl groups excluding tert-OH is 1. The number of aliphatic hydroxyl groups is 1. The first-order chi connectivity index (χ1) is 14.1. The Bertz CT molecular complexity index is 790. The van der Waals surface area contributed by atoms with Crippen LogP contribution in [0.3, 0.4) is 0 Å². The number of aromatic hydroxyl groups is 2. The molecule has 0 aliphatic carbocycles. The first kappa shape index (κ1) is 24.2. The van der Waals surface area contributed by atoms with Gasteiger partial charge in [0.05, 0.1) is 0 Å². The summed E-state index contributed by atoms with van der Waals surface area (Å²) in [5.74, 6) is -1.69. The average Bonchev–Trinajstić information content (AvgIpc) is 2.63. The molecule has 2 atom stereocenters. The molecule has 10 nitrogen and oxygen atoms in total. The topological polar surface area (TPSA) is 142 Å². The van der Waals surface area contributed by atoms with Crippen LogP contribution in [0.15, 0.2) is 18.2 Å². The summed E-state index contributed by atoms with van der Waals surface area (Å²) in [5, 5.41) is 34.3. The van der Waals surface area contributed by atoms with Gasteiger partial charge >= 0.3 is 183 Å². The van der Waals surface area contributed by atoms with Crippen molar-refractivity contribution in [2.45, 2.75) is 25.5 Å². The Hall–Kier alpha value is -2.12. The number of halogens is 1. The fraction of sp³-hybridized carbons (Fsp3) is 0.526. The number of benzene rings is 1. The Labute approximate surface area is 183 Å². The minimum absolute atomic E-state index is 0.0636. The summed E-state index contributed by atoms with van der Waals surface area (Å²) in [4.78, 5) is 39.2. The van der Waals surface area contributed by atoms with Gasteiger partial charge in [-0.2, -0.15) is 0 Å². The van der Waals surface area contributed by atoms with Gasteiger partial charge in [-0.3, -0.25) is 0 Å². The van der Waals surface area contributed by atoms with E-state index in [1.807, 2.05) is 19.0 Å². The number of nitrogens with one attached hydrogen (secondary N) is 2. The zero-order valence-electron chi connectivity index (χ0n) is 17.3. The monoisotopic (exact) mass is 536 g/mol. The number of carbonyl (C=O) groups is 3. The van der Waals surface area contributed by atoms with Crippen LogP contribution in [0.4, 0.5) is 4.79 Å². The van der Waals surface area contributed by atoms with Gasteiger partial charge in [-0.05, 0) is 0 Å². The molecule has 3 amide bonds. The van der Waals surface area contributed by atoms with Gasteiger partial charge in [-0.1, -0.05) is 0 Å². The molecular formula is C19H29IN4O6. The molecule has 1 heterocycles. The second-order valence-corrected chi connectivity index (χ2v) is 12.4. The summed E-state index contributed by atoms with van der Waals surface area (Å²) in [5.41, 5.74) is 0.456. The van der Waals surface area contributed by atoms with E-state index in [9.17, 15) is 29.7 Å². The van der Waals surface area contributed by atoms with E-state index in [2.05, 4.69) is 10.6 Å². The van der Waals surface area contributed by atoms with E-state index in [1.54, 1.807) is 3.11 Å². The Balaban J connectivity index is 1.84. The van der Waals surface area contributed by atoms with Crippen molar-refractivity contribution in [3.05, 3.63) is 23.8 Å². The third kappa shape index (κ3) is 6.44. The molecule has 5 N–H and O–H groups in total. The van der Waals surface area contributed by atoms with E-state index in [0.717, 1.165) is 4.43 Å². The van der Waals surface area contributed by atoms with Crippen molar-refractivity contribution in [2.75, 3.05) is 38.2 Å². The van der Waals surface area contributed by atoms with Crippen molar-refractivity contribution < 1.29 is 29.7 Å². The molecule has 0 bridgehead atoms. The summed E-state index contributed by atoms with van der Waals surface area (Å²) < 4.78 is 2.23. The van der Waals surface area contributed by atoms with E-state index in [1.165, 1.54) is 25.1 Å². The minimum atomic E-state index is -2.27. The quantitative estimate of drug-likeness (QED) is 0.0750. The molecule has 1 aromatic carbocycles. The van der Waals surface area contributed by atoms with Crippen LogP contribution in [-0.2, 0) is 16.0 Å². The molecule has 168 valence electrons. The second kappa shape index (κ2) is 10.8. The molecule has 2 unspecified atom stereocenters. The normalized spacial score (nSPS) is 16.6. The zero-order valence-corrected chi connectivity index (χ0v) is 19.4. The fourth-order valence-electron chi connectivity index (χ4n) is 2.69. The van der Waals surface area contributed by atoms with Crippen LogP contribution in [0.2, 0.25) is 0 Å². The number of phenols is 2. The Morgan fingerprint density at radius 3 is 2.50 bits per heavy atom. The molecule has 1 aliphatic rings. The van der Waals surface area contributed by atoms with Gasteiger partial charge < -0.3 is 0 Å². The fourth-order valence-corrected chi connectivity index (χ4v) is 6.86. The molecule has 11 heteroatoms. The van der Waals surface area contributed by atoms with Gasteiger partial charge in [0.25, 0.3) is 0 Å². The van der Waals surface area contributed by atoms with Gasteiger partial charge in [-0.25, -0.2) is 0 Å². The van der Waals surface area contributed by atoms with E-state index in [4.69, 9.17) is 0 Å². The van der Waals surface area contributed by atoms with Crippen LogP contribution >= 0.6 is 20.1 Å². The number of phenolic OH excluding ortho intramolecular Hbond substituents is 2. The van der Waals surface area contributed by atoms with Crippen LogP contribution in [0.1, 0.15) is 12.5 Å². The van der Waals surface area contributed by atoms with Crippen molar-refractivity contribution in [1.82, 2.24) is 18.6 Å². The number of carbonyl (C=O) groups excluding carboxylic acids is 3. The number of hydrogen-bond donors (Lipinski definition) is 5. The summed E-state index contributed by atoms with van der Waals surface area (Å²) in [6.45, 7) is 3.26. The molecule has 0 saturated carbocycles. The molecule has 0 aromatic heterocycles. The average molecular weight is 536 g/mol. The van der Waals surface area contributed by atoms with Crippen LogP contribution in [0.5, 0.6) is 11.5 Å². The molecular weight excluding hydrogens is 507 g/mol. The summed E-state index contributed by atoms with van der Waals surface area (Å²) in [6, 6.07) is 3.13. The van der Waals surface area contributed by atoms with E-state index in [0.29, 0.717) is 25.2 Å². The summed E-state index contributed by atoms with van der Waals surface area (Å²) >= 11 is -2.27. The molecule has 0 spiro atoms. The number of rotatable bonds is 9. The standard InChI is InChI=1S/C19H29IN4O6/c1-12(18(29)24-8-6-20(24)19(30)21-7-9-23(2)3)22-17(28)16(27)11-13-4-5-14(25)15(26)10-13/h4-5,10,12,16,25-27H,6-9,11H2,1-3H3,(H,21,30)(H,22,28). The summed E-state index contributed by atoms with van der Waals surface area (Å²) in [7, 11) is 3.82. The first-order valence-electron chi connectivity index (χ1n) is 9.49. The molecule has 2 rings (SSSR count). The predicted octanol–water partition coefficient (Wildman–Crippen LogP) is 0.0407. The van der Waals surface area contributed by atoms with Crippen molar-refractivity contribution in [3.63, 3.8) is 0 Å². The Morgan fingerprint density at radius 2 is 1.93 bits per heavy atom. The number of amides is 3. The second-order valence-electron chi connectivity index (χ2n) is 7.23. The third-order valence-corrected chi connectivity index (χ3v) is 9.85. The van der Waals surface area contributed by atoms with Crippen LogP contribution < -0.4 is 10.6 Å². The van der Waals surface area contributed by atoms with Crippen molar-refractivity contribution in [1.29, 1.82) is 0 Å². The summed E-state index contributed by atoms with van der Waals surface area (Å²) in [6.07, 6.45) is -1.51. The van der Waals surface area contributed by atoms with Crippen LogP contribution in [-0.4, -0.2) is 89.4 Å². The van der Waals surface area contributed by atoms with E-state index < -0.39 is 38.1 Å². The SMILES string of the molecule is CC(NC(=O)C(O)Cc1ccc(O)c(O)c1)C(=O)N1CCI1C(=O)NCCN(C)C. The molecule has 1 fully saturated rings. The molecule has 30 heavy (non-hydrogen) atoms. The van der Waals surface area contributed by atoms with Crippen molar-refractivity contribution >= 4 is 35.8 Å². The van der Waals surface area contributed by atoms with Gasteiger partial charge in [0, 0.05) is 0 Å². The molecule has 1 aliphatic heterocycles. The van der Waals surface area contributed by atoms with E-state index >= 15 is 0 Å².